The molecule has 1 rings (SSSR count). The molecule has 0 radical (unpaired) electrons. The SMILES string of the molecule is CC(N)C(O)(c1ccccc1Cl)C(F)(F)F. The number of nitrogens with two attached hydrogens (primary N) is 1. The maximum Gasteiger partial charge on any atom is 0.423 e. The van der Waals surface area contributed by atoms with Crippen LogP contribution in [-0.2, 0) is 5.60 Å². The molecule has 0 fully saturated rings. The van der Waals surface area contributed by atoms with Gasteiger partial charge < -0.3 is 10.8 Å². The highest BCUT2D eigenvalue weighted by atomic mass is 35.5. The van der Waals surface area contributed by atoms with Crippen LogP contribution in [0.25, 0.3) is 0 Å². The molecule has 1 aromatic rings. The van der Waals surface area contributed by atoms with E-state index in [-0.39, 0.29) is 5.02 Å². The fourth-order valence-corrected chi connectivity index (χ4v) is 1.71. The second kappa shape index (κ2) is 4.24. The molecule has 0 aliphatic heterocycles. The first kappa shape index (κ1) is 13.3. The van der Waals surface area contributed by atoms with Gasteiger partial charge in [0.15, 0.2) is 0 Å². The number of hydrogen-bond donors (Lipinski definition) is 2. The van der Waals surface area contributed by atoms with Gasteiger partial charge in [-0.3, -0.25) is 0 Å². The Morgan fingerprint density at radius 3 is 2.19 bits per heavy atom. The highest BCUT2D eigenvalue weighted by molar-refractivity contribution is 6.31. The third-order valence-electron chi connectivity index (χ3n) is 2.38. The van der Waals surface area contributed by atoms with E-state index in [0.29, 0.717) is 0 Å². The Morgan fingerprint density at radius 2 is 1.81 bits per heavy atom. The molecule has 0 saturated heterocycles. The number of alkyl halides is 3. The van der Waals surface area contributed by atoms with E-state index in [0.717, 1.165) is 13.0 Å². The summed E-state index contributed by atoms with van der Waals surface area (Å²) in [5.74, 6) is 0. The van der Waals surface area contributed by atoms with E-state index in [2.05, 4.69) is 0 Å². The predicted octanol–water partition coefficient (Wildman–Crippen LogP) is 2.44. The molecule has 2 unspecified atom stereocenters. The predicted molar refractivity (Wildman–Crippen MR) is 55.1 cm³/mol. The van der Waals surface area contributed by atoms with Crippen LogP contribution in [0, 0.1) is 0 Å². The van der Waals surface area contributed by atoms with Gasteiger partial charge >= 0.3 is 6.18 Å². The molecule has 0 heterocycles. The lowest BCUT2D eigenvalue weighted by molar-refractivity contribution is -0.272. The third-order valence-corrected chi connectivity index (χ3v) is 2.71. The topological polar surface area (TPSA) is 46.2 Å². The molecule has 6 heteroatoms. The summed E-state index contributed by atoms with van der Waals surface area (Å²) in [6, 6.07) is 3.70. The second-order valence-corrected chi connectivity index (χ2v) is 3.94. The summed E-state index contributed by atoms with van der Waals surface area (Å²) in [6.45, 7) is 1.08. The van der Waals surface area contributed by atoms with Gasteiger partial charge in [-0.2, -0.15) is 13.2 Å². The minimum atomic E-state index is -4.88. The average Bonchev–Trinajstić information content (AvgIpc) is 2.15. The Hall–Kier alpha value is -0.780. The van der Waals surface area contributed by atoms with Crippen LogP contribution in [0.3, 0.4) is 0 Å². The zero-order valence-electron chi connectivity index (χ0n) is 8.42. The normalized spacial score (nSPS) is 17.9. The summed E-state index contributed by atoms with van der Waals surface area (Å²) in [5, 5.41) is 9.58. The molecule has 2 atom stereocenters. The van der Waals surface area contributed by atoms with Crippen molar-refractivity contribution in [2.45, 2.75) is 24.7 Å². The zero-order valence-corrected chi connectivity index (χ0v) is 9.18. The maximum absolute atomic E-state index is 12.8. The molecule has 90 valence electrons. The Balaban J connectivity index is 3.40. The van der Waals surface area contributed by atoms with Gasteiger partial charge in [-0.1, -0.05) is 29.8 Å². The summed E-state index contributed by atoms with van der Waals surface area (Å²) < 4.78 is 38.5. The van der Waals surface area contributed by atoms with E-state index in [1.165, 1.54) is 18.2 Å². The van der Waals surface area contributed by atoms with Crippen molar-refractivity contribution >= 4 is 11.6 Å². The number of rotatable bonds is 2. The summed E-state index contributed by atoms with van der Waals surface area (Å²) in [5.41, 5.74) is 1.66. The highest BCUT2D eigenvalue weighted by Gasteiger charge is 2.58. The van der Waals surface area contributed by atoms with Crippen molar-refractivity contribution in [3.8, 4) is 0 Å². The Morgan fingerprint density at radius 1 is 1.31 bits per heavy atom. The first-order valence-corrected chi connectivity index (χ1v) is 4.88. The van der Waals surface area contributed by atoms with Crippen LogP contribution in [0.15, 0.2) is 24.3 Å². The fourth-order valence-electron chi connectivity index (χ4n) is 1.43. The van der Waals surface area contributed by atoms with Crippen molar-refractivity contribution in [2.24, 2.45) is 5.73 Å². The zero-order chi connectivity index (χ0) is 12.6. The Labute approximate surface area is 95.8 Å². The standard InChI is InChI=1S/C10H11ClF3NO/c1-6(15)9(16,10(12,13)14)7-4-2-3-5-8(7)11/h2-6,16H,15H2,1H3. The van der Waals surface area contributed by atoms with Crippen LogP contribution < -0.4 is 5.73 Å². The first-order valence-electron chi connectivity index (χ1n) is 4.51. The largest absolute Gasteiger partial charge is 0.423 e. The van der Waals surface area contributed by atoms with Crippen LogP contribution in [0.4, 0.5) is 13.2 Å². The van der Waals surface area contributed by atoms with Crippen molar-refractivity contribution < 1.29 is 18.3 Å². The maximum atomic E-state index is 12.8. The number of hydrogen-bond acceptors (Lipinski definition) is 2. The monoisotopic (exact) mass is 253 g/mol. The van der Waals surface area contributed by atoms with Gasteiger partial charge in [0.2, 0.25) is 5.60 Å². The number of aliphatic hydroxyl groups is 1. The van der Waals surface area contributed by atoms with E-state index in [9.17, 15) is 18.3 Å². The lowest BCUT2D eigenvalue weighted by atomic mass is 9.87. The molecule has 3 N–H and O–H groups in total. The van der Waals surface area contributed by atoms with Crippen molar-refractivity contribution in [1.29, 1.82) is 0 Å². The minimum Gasteiger partial charge on any atom is -0.375 e. The first-order chi connectivity index (χ1) is 7.21. The van der Waals surface area contributed by atoms with E-state index in [1.807, 2.05) is 0 Å². The van der Waals surface area contributed by atoms with Crippen LogP contribution in [0.2, 0.25) is 5.02 Å². The molecule has 0 aliphatic carbocycles. The highest BCUT2D eigenvalue weighted by Crippen LogP contribution is 2.43. The van der Waals surface area contributed by atoms with Gasteiger partial charge in [0.25, 0.3) is 0 Å². The van der Waals surface area contributed by atoms with Crippen molar-refractivity contribution in [3.05, 3.63) is 34.9 Å². The van der Waals surface area contributed by atoms with Crippen LogP contribution >= 0.6 is 11.6 Å². The molecule has 2 nitrogen and oxygen atoms in total. The number of halogens is 4. The van der Waals surface area contributed by atoms with Gasteiger partial charge in [0, 0.05) is 16.6 Å². The Kier molecular flexibility index (Phi) is 3.52. The lowest BCUT2D eigenvalue weighted by Gasteiger charge is -2.34. The third kappa shape index (κ3) is 2.03. The molecular weight excluding hydrogens is 243 g/mol. The molecule has 0 saturated carbocycles. The average molecular weight is 254 g/mol. The van der Waals surface area contributed by atoms with Crippen molar-refractivity contribution in [3.63, 3.8) is 0 Å². The summed E-state index contributed by atoms with van der Waals surface area (Å²) in [7, 11) is 0. The second-order valence-electron chi connectivity index (χ2n) is 3.53. The van der Waals surface area contributed by atoms with E-state index in [4.69, 9.17) is 17.3 Å². The summed E-state index contributed by atoms with van der Waals surface area (Å²) in [4.78, 5) is 0. The van der Waals surface area contributed by atoms with Crippen molar-refractivity contribution in [1.82, 2.24) is 0 Å². The Bertz CT molecular complexity index is 381. The van der Waals surface area contributed by atoms with E-state index in [1.54, 1.807) is 0 Å². The molecule has 0 spiro atoms. The van der Waals surface area contributed by atoms with Crippen LogP contribution in [-0.4, -0.2) is 17.3 Å². The van der Waals surface area contributed by atoms with Gasteiger partial charge in [-0.15, -0.1) is 0 Å². The summed E-state index contributed by atoms with van der Waals surface area (Å²) >= 11 is 5.64. The lowest BCUT2D eigenvalue weighted by Crippen LogP contribution is -2.54. The van der Waals surface area contributed by atoms with E-state index < -0.39 is 23.4 Å². The van der Waals surface area contributed by atoms with Gasteiger partial charge in [0.1, 0.15) is 0 Å². The smallest absolute Gasteiger partial charge is 0.375 e. The van der Waals surface area contributed by atoms with Gasteiger partial charge in [-0.05, 0) is 13.0 Å². The van der Waals surface area contributed by atoms with Crippen LogP contribution in [0.1, 0.15) is 12.5 Å². The molecule has 1 aromatic carbocycles. The van der Waals surface area contributed by atoms with E-state index >= 15 is 0 Å². The van der Waals surface area contributed by atoms with Gasteiger partial charge in [-0.25, -0.2) is 0 Å². The van der Waals surface area contributed by atoms with Gasteiger partial charge in [0.05, 0.1) is 0 Å². The molecule has 0 aromatic heterocycles. The van der Waals surface area contributed by atoms with Crippen LogP contribution in [0.5, 0.6) is 0 Å². The summed E-state index contributed by atoms with van der Waals surface area (Å²) in [6.07, 6.45) is -4.88. The molecule has 0 bridgehead atoms. The number of benzene rings is 1. The fraction of sp³-hybridized carbons (Fsp3) is 0.400. The van der Waals surface area contributed by atoms with Crippen molar-refractivity contribution in [2.75, 3.05) is 0 Å². The molecule has 16 heavy (non-hydrogen) atoms. The molecule has 0 amide bonds. The molecular formula is C10H11ClF3NO. The molecule has 0 aliphatic rings. The quantitative estimate of drug-likeness (QED) is 0.850. The minimum absolute atomic E-state index is 0.167.